The first kappa shape index (κ1) is 23.3. The lowest BCUT2D eigenvalue weighted by Crippen LogP contribution is -2.43. The summed E-state index contributed by atoms with van der Waals surface area (Å²) >= 11 is 6.25. The summed E-state index contributed by atoms with van der Waals surface area (Å²) in [6, 6.07) is 2.59. The molecule has 1 aromatic rings. The van der Waals surface area contributed by atoms with E-state index < -0.39 is 24.0 Å². The normalized spacial score (nSPS) is 11.8. The van der Waals surface area contributed by atoms with Gasteiger partial charge in [-0.3, -0.25) is 10.1 Å². The minimum Gasteiger partial charge on any atom is -0.493 e. The van der Waals surface area contributed by atoms with E-state index in [-0.39, 0.29) is 0 Å². The third-order valence-electron chi connectivity index (χ3n) is 3.35. The zero-order chi connectivity index (χ0) is 21.3. The van der Waals surface area contributed by atoms with E-state index in [9.17, 15) is 14.4 Å². The first-order chi connectivity index (χ1) is 13.2. The van der Waals surface area contributed by atoms with E-state index in [1.54, 1.807) is 12.1 Å². The molecule has 0 aliphatic heterocycles. The van der Waals surface area contributed by atoms with Crippen molar-refractivity contribution in [1.29, 1.82) is 0 Å². The molecule has 1 rings (SSSR count). The molecular weight excluding hydrogens is 388 g/mol. The van der Waals surface area contributed by atoms with E-state index in [4.69, 9.17) is 25.8 Å². The van der Waals surface area contributed by atoms with Crippen LogP contribution in [0.15, 0.2) is 18.2 Å². The number of methoxy groups -OCH3 is 1. The molecule has 0 spiro atoms. The molecule has 9 heteroatoms. The molecule has 0 aliphatic carbocycles. The zero-order valence-corrected chi connectivity index (χ0v) is 17.3. The van der Waals surface area contributed by atoms with Crippen LogP contribution in [0.5, 0.6) is 11.5 Å². The largest absolute Gasteiger partial charge is 0.493 e. The van der Waals surface area contributed by atoms with E-state index in [1.165, 1.54) is 27.2 Å². The van der Waals surface area contributed by atoms with E-state index >= 15 is 0 Å². The van der Waals surface area contributed by atoms with Crippen LogP contribution in [0.3, 0.4) is 0 Å². The van der Waals surface area contributed by atoms with Gasteiger partial charge in [0.25, 0.3) is 5.91 Å². The molecule has 154 valence electrons. The number of imide groups is 1. The van der Waals surface area contributed by atoms with Crippen molar-refractivity contribution in [3.8, 4) is 11.5 Å². The van der Waals surface area contributed by atoms with Crippen molar-refractivity contribution in [2.45, 2.75) is 26.9 Å². The molecule has 0 aromatic heterocycles. The number of hydrogen-bond acceptors (Lipinski definition) is 6. The van der Waals surface area contributed by atoms with Crippen molar-refractivity contribution >= 4 is 35.6 Å². The SMILES string of the molecule is CNC(=O)NC(=O)[C@@H](C)OC(=O)/C=C/c1cc(Cl)c(OCC(C)C)c(OC)c1. The molecule has 28 heavy (non-hydrogen) atoms. The fraction of sp³-hybridized carbons (Fsp3) is 0.421. The molecule has 0 fully saturated rings. The Morgan fingerprint density at radius 3 is 2.46 bits per heavy atom. The topological polar surface area (TPSA) is 103 Å². The molecule has 2 N–H and O–H groups in total. The fourth-order valence-electron chi connectivity index (χ4n) is 1.93. The van der Waals surface area contributed by atoms with Crippen molar-refractivity contribution in [2.24, 2.45) is 5.92 Å². The van der Waals surface area contributed by atoms with E-state index in [1.807, 2.05) is 19.2 Å². The Labute approximate surface area is 169 Å². The van der Waals surface area contributed by atoms with Gasteiger partial charge in [-0.2, -0.15) is 0 Å². The predicted molar refractivity (Wildman–Crippen MR) is 106 cm³/mol. The number of nitrogens with one attached hydrogen (secondary N) is 2. The highest BCUT2D eigenvalue weighted by Crippen LogP contribution is 2.37. The summed E-state index contributed by atoms with van der Waals surface area (Å²) < 4.78 is 15.9. The summed E-state index contributed by atoms with van der Waals surface area (Å²) in [5.41, 5.74) is 0.582. The molecule has 0 aliphatic rings. The van der Waals surface area contributed by atoms with Crippen LogP contribution >= 0.6 is 11.6 Å². The maximum absolute atomic E-state index is 11.9. The highest BCUT2D eigenvalue weighted by atomic mass is 35.5. The molecule has 8 nitrogen and oxygen atoms in total. The van der Waals surface area contributed by atoms with Gasteiger partial charge in [-0.05, 0) is 36.6 Å². The maximum atomic E-state index is 11.9. The lowest BCUT2D eigenvalue weighted by Gasteiger charge is -2.14. The van der Waals surface area contributed by atoms with Gasteiger partial charge in [0.15, 0.2) is 17.6 Å². The van der Waals surface area contributed by atoms with Crippen molar-refractivity contribution in [2.75, 3.05) is 20.8 Å². The number of rotatable bonds is 8. The molecule has 0 unspecified atom stereocenters. The molecule has 0 bridgehead atoms. The number of ether oxygens (including phenoxy) is 3. The summed E-state index contributed by atoms with van der Waals surface area (Å²) in [6.45, 7) is 5.86. The van der Waals surface area contributed by atoms with E-state index in [2.05, 4.69) is 5.32 Å². The Morgan fingerprint density at radius 1 is 1.21 bits per heavy atom. The van der Waals surface area contributed by atoms with Crippen LogP contribution in [0, 0.1) is 5.92 Å². The Hall–Kier alpha value is -2.74. The van der Waals surface area contributed by atoms with Gasteiger partial charge in [0.2, 0.25) is 0 Å². The van der Waals surface area contributed by atoms with Crippen LogP contribution in [0.4, 0.5) is 4.79 Å². The Kier molecular flexibility index (Phi) is 9.31. The minimum atomic E-state index is -1.14. The number of carbonyl (C=O) groups excluding carboxylic acids is 3. The molecule has 0 heterocycles. The number of esters is 1. The van der Waals surface area contributed by atoms with Crippen LogP contribution < -0.4 is 20.1 Å². The molecule has 0 radical (unpaired) electrons. The average molecular weight is 413 g/mol. The monoisotopic (exact) mass is 412 g/mol. The van der Waals surface area contributed by atoms with Crippen LogP contribution in [0.25, 0.3) is 6.08 Å². The van der Waals surface area contributed by atoms with Crippen molar-refractivity contribution in [3.63, 3.8) is 0 Å². The maximum Gasteiger partial charge on any atom is 0.331 e. The van der Waals surface area contributed by atoms with Gasteiger partial charge in [-0.1, -0.05) is 25.4 Å². The summed E-state index contributed by atoms with van der Waals surface area (Å²) in [7, 11) is 2.85. The Bertz CT molecular complexity index is 748. The van der Waals surface area contributed by atoms with Crippen LogP contribution in [0.2, 0.25) is 5.02 Å². The highest BCUT2D eigenvalue weighted by molar-refractivity contribution is 6.32. The third kappa shape index (κ3) is 7.48. The highest BCUT2D eigenvalue weighted by Gasteiger charge is 2.18. The molecule has 0 saturated carbocycles. The number of hydrogen-bond donors (Lipinski definition) is 2. The number of carbonyl (C=O) groups is 3. The number of benzene rings is 1. The second-order valence-corrected chi connectivity index (χ2v) is 6.63. The molecule has 3 amide bonds. The zero-order valence-electron chi connectivity index (χ0n) is 16.5. The van der Waals surface area contributed by atoms with Gasteiger partial charge < -0.3 is 19.5 Å². The predicted octanol–water partition coefficient (Wildman–Crippen LogP) is 2.78. The van der Waals surface area contributed by atoms with Gasteiger partial charge >= 0.3 is 12.0 Å². The van der Waals surface area contributed by atoms with Gasteiger partial charge in [0.1, 0.15) is 0 Å². The molecule has 1 aromatic carbocycles. The number of halogens is 1. The average Bonchev–Trinajstić information content (AvgIpc) is 2.64. The summed E-state index contributed by atoms with van der Waals surface area (Å²) in [5, 5.41) is 4.58. The second-order valence-electron chi connectivity index (χ2n) is 6.22. The first-order valence-electron chi connectivity index (χ1n) is 8.59. The van der Waals surface area contributed by atoms with Gasteiger partial charge in [-0.25, -0.2) is 9.59 Å². The lowest BCUT2D eigenvalue weighted by atomic mass is 10.2. The fourth-order valence-corrected chi connectivity index (χ4v) is 2.21. The smallest absolute Gasteiger partial charge is 0.331 e. The molecule has 1 atom stereocenters. The molecular formula is C19H25ClN2O6. The molecule has 0 saturated heterocycles. The summed E-state index contributed by atoms with van der Waals surface area (Å²) in [5.74, 6) is -0.318. The van der Waals surface area contributed by atoms with Crippen LogP contribution in [0.1, 0.15) is 26.3 Å². The summed E-state index contributed by atoms with van der Waals surface area (Å²) in [4.78, 5) is 34.7. The third-order valence-corrected chi connectivity index (χ3v) is 3.63. The number of urea groups is 1. The van der Waals surface area contributed by atoms with Gasteiger partial charge in [-0.15, -0.1) is 0 Å². The second kappa shape index (κ2) is 11.2. The number of amides is 3. The minimum absolute atomic E-state index is 0.317. The van der Waals surface area contributed by atoms with Crippen LogP contribution in [-0.4, -0.2) is 44.8 Å². The van der Waals surface area contributed by atoms with Crippen LogP contribution in [-0.2, 0) is 14.3 Å². The standard InChI is InChI=1S/C19H25ClN2O6/c1-11(2)10-27-17-14(20)8-13(9-15(17)26-5)6-7-16(23)28-12(3)18(24)22-19(25)21-4/h6-9,11-12H,10H2,1-5H3,(H2,21,22,24,25)/b7-6+/t12-/m1/s1. The van der Waals surface area contributed by atoms with Gasteiger partial charge in [0.05, 0.1) is 18.7 Å². The van der Waals surface area contributed by atoms with Gasteiger partial charge in [0, 0.05) is 13.1 Å². The lowest BCUT2D eigenvalue weighted by molar-refractivity contribution is -0.149. The van der Waals surface area contributed by atoms with E-state index in [0.717, 1.165) is 6.08 Å². The van der Waals surface area contributed by atoms with E-state index in [0.29, 0.717) is 34.6 Å². The Morgan fingerprint density at radius 2 is 1.89 bits per heavy atom. The van der Waals surface area contributed by atoms with Crippen molar-refractivity contribution in [1.82, 2.24) is 10.6 Å². The van der Waals surface area contributed by atoms with Crippen molar-refractivity contribution in [3.05, 3.63) is 28.8 Å². The van der Waals surface area contributed by atoms with Crippen molar-refractivity contribution < 1.29 is 28.6 Å². The summed E-state index contributed by atoms with van der Waals surface area (Å²) in [6.07, 6.45) is 1.47. The first-order valence-corrected chi connectivity index (χ1v) is 8.97. The quantitative estimate of drug-likeness (QED) is 0.502. The Balaban J connectivity index is 2.80.